The van der Waals surface area contributed by atoms with E-state index in [-0.39, 0.29) is 17.1 Å². The number of nitrogens with zero attached hydrogens (tertiary/aromatic N) is 3. The minimum Gasteiger partial charge on any atom is -0.295 e. The van der Waals surface area contributed by atoms with Crippen molar-refractivity contribution in [1.82, 2.24) is 4.90 Å². The van der Waals surface area contributed by atoms with E-state index < -0.39 is 4.87 Å². The fourth-order valence-electron chi connectivity index (χ4n) is 5.34. The van der Waals surface area contributed by atoms with Crippen LogP contribution in [0, 0.1) is 0 Å². The molecule has 0 aliphatic carbocycles. The molecule has 3 aromatic carbocycles. The van der Waals surface area contributed by atoms with Crippen LogP contribution >= 0.6 is 23.4 Å². The molecule has 2 amide bonds. The molecule has 0 aromatic heterocycles. The van der Waals surface area contributed by atoms with E-state index in [1.54, 1.807) is 17.0 Å². The summed E-state index contributed by atoms with van der Waals surface area (Å²) >= 11 is 7.55. The zero-order valence-electron chi connectivity index (χ0n) is 18.8. The Morgan fingerprint density at radius 2 is 1.68 bits per heavy atom. The van der Waals surface area contributed by atoms with E-state index in [0.717, 1.165) is 30.8 Å². The van der Waals surface area contributed by atoms with Crippen molar-refractivity contribution in [2.75, 3.05) is 23.0 Å². The van der Waals surface area contributed by atoms with Gasteiger partial charge in [-0.15, -0.1) is 11.8 Å². The lowest BCUT2D eigenvalue weighted by Crippen LogP contribution is -2.52. The van der Waals surface area contributed by atoms with Crippen LogP contribution < -0.4 is 9.80 Å². The first-order valence-corrected chi connectivity index (χ1v) is 12.7. The van der Waals surface area contributed by atoms with Crippen molar-refractivity contribution < 1.29 is 9.59 Å². The van der Waals surface area contributed by atoms with Gasteiger partial charge in [0.15, 0.2) is 0 Å². The van der Waals surface area contributed by atoms with Gasteiger partial charge in [0.25, 0.3) is 5.91 Å². The Hall–Kier alpha value is -2.80. The van der Waals surface area contributed by atoms with E-state index in [1.807, 2.05) is 48.2 Å². The van der Waals surface area contributed by atoms with Crippen molar-refractivity contribution in [1.29, 1.82) is 0 Å². The third-order valence-corrected chi connectivity index (χ3v) is 8.69. The molecule has 7 heteroatoms. The van der Waals surface area contributed by atoms with Crippen LogP contribution in [0.15, 0.2) is 72.8 Å². The molecule has 1 spiro atoms. The molecule has 34 heavy (non-hydrogen) atoms. The van der Waals surface area contributed by atoms with Gasteiger partial charge in [-0.05, 0) is 54.8 Å². The third-order valence-electron chi connectivity index (χ3n) is 6.96. The molecule has 5 nitrogen and oxygen atoms in total. The van der Waals surface area contributed by atoms with Gasteiger partial charge in [-0.2, -0.15) is 0 Å². The summed E-state index contributed by atoms with van der Waals surface area (Å²) < 4.78 is 0. The highest BCUT2D eigenvalue weighted by Gasteiger charge is 2.63. The fourth-order valence-corrected chi connectivity index (χ4v) is 7.00. The first-order valence-electron chi connectivity index (χ1n) is 11.5. The lowest BCUT2D eigenvalue weighted by atomic mass is 10.0. The Bertz CT molecular complexity index is 1300. The van der Waals surface area contributed by atoms with Crippen LogP contribution in [0.4, 0.5) is 11.4 Å². The van der Waals surface area contributed by atoms with E-state index in [4.69, 9.17) is 11.6 Å². The summed E-state index contributed by atoms with van der Waals surface area (Å²) in [6.07, 6.45) is 0.964. The van der Waals surface area contributed by atoms with Gasteiger partial charge in [-0.25, -0.2) is 0 Å². The summed E-state index contributed by atoms with van der Waals surface area (Å²) in [5.41, 5.74) is 5.12. The van der Waals surface area contributed by atoms with Crippen molar-refractivity contribution in [3.05, 3.63) is 94.5 Å². The van der Waals surface area contributed by atoms with Crippen molar-refractivity contribution in [3.8, 4) is 0 Å². The molecule has 0 bridgehead atoms. The van der Waals surface area contributed by atoms with Gasteiger partial charge in [0.1, 0.15) is 0 Å². The maximum absolute atomic E-state index is 14.3. The summed E-state index contributed by atoms with van der Waals surface area (Å²) in [5.74, 6) is -0.130. The molecular weight excluding hydrogens is 466 g/mol. The fraction of sp³-hybridized carbons (Fsp3) is 0.259. The highest BCUT2D eigenvalue weighted by Crippen LogP contribution is 2.57. The highest BCUT2D eigenvalue weighted by molar-refractivity contribution is 8.03. The first-order chi connectivity index (χ1) is 16.5. The number of amides is 2. The largest absolute Gasteiger partial charge is 0.295 e. The van der Waals surface area contributed by atoms with E-state index in [0.29, 0.717) is 17.4 Å². The molecule has 3 aromatic rings. The average molecular weight is 490 g/mol. The predicted octanol–water partition coefficient (Wildman–Crippen LogP) is 5.02. The van der Waals surface area contributed by atoms with Crippen molar-refractivity contribution in [2.24, 2.45) is 0 Å². The smallest absolute Gasteiger partial charge is 0.269 e. The van der Waals surface area contributed by atoms with Crippen LogP contribution in [0.5, 0.6) is 0 Å². The van der Waals surface area contributed by atoms with Gasteiger partial charge in [-0.1, -0.05) is 54.1 Å². The molecule has 2 atom stereocenters. The Morgan fingerprint density at radius 3 is 2.47 bits per heavy atom. The molecule has 1 saturated heterocycles. The number of carbonyl (C=O) groups excluding carboxylic acids is 2. The number of anilines is 2. The second kappa shape index (κ2) is 8.15. The standard InChI is InChI=1S/C27H24ClN3O2S/c1-18-25(32)31(22-12-10-21(28)11-13-22)27(34-18)23-8-4-5-9-24(23)30(26(27)33)17-29-15-14-19-6-2-3-7-20(19)16-29/h2-13,18H,14-17H2,1H3/t18-,27+/m1/s1. The summed E-state index contributed by atoms with van der Waals surface area (Å²) in [5, 5.41) is 0.254. The Balaban J connectivity index is 1.40. The third kappa shape index (κ3) is 3.20. The monoisotopic (exact) mass is 489 g/mol. The highest BCUT2D eigenvalue weighted by atomic mass is 35.5. The predicted molar refractivity (Wildman–Crippen MR) is 137 cm³/mol. The zero-order valence-corrected chi connectivity index (χ0v) is 20.4. The van der Waals surface area contributed by atoms with Gasteiger partial charge in [0.2, 0.25) is 10.8 Å². The van der Waals surface area contributed by atoms with Crippen LogP contribution in [0.3, 0.4) is 0 Å². The number of thioether (sulfide) groups is 1. The number of para-hydroxylation sites is 1. The van der Waals surface area contributed by atoms with Crippen molar-refractivity contribution in [2.45, 2.75) is 30.0 Å². The number of hydrogen-bond donors (Lipinski definition) is 0. The summed E-state index contributed by atoms with van der Waals surface area (Å²) in [6.45, 7) is 4.06. The number of hydrogen-bond acceptors (Lipinski definition) is 4. The van der Waals surface area contributed by atoms with Crippen molar-refractivity contribution >= 4 is 46.6 Å². The van der Waals surface area contributed by atoms with Gasteiger partial charge in [0.05, 0.1) is 17.6 Å². The molecule has 172 valence electrons. The van der Waals surface area contributed by atoms with Gasteiger partial charge >= 0.3 is 0 Å². The topological polar surface area (TPSA) is 43.9 Å². The van der Waals surface area contributed by atoms with Gasteiger partial charge < -0.3 is 0 Å². The molecule has 3 aliphatic heterocycles. The molecule has 6 rings (SSSR count). The maximum atomic E-state index is 14.3. The molecule has 0 saturated carbocycles. The Labute approximate surface area is 208 Å². The van der Waals surface area contributed by atoms with Crippen LogP contribution in [0.1, 0.15) is 23.6 Å². The van der Waals surface area contributed by atoms with Crippen molar-refractivity contribution in [3.63, 3.8) is 0 Å². The SMILES string of the molecule is C[C@H]1S[C@@]2(C(=O)N(CN3CCc4ccccc4C3)c3ccccc32)N(c2ccc(Cl)cc2)C1=O. The van der Waals surface area contributed by atoms with E-state index in [9.17, 15) is 9.59 Å². The molecule has 3 heterocycles. The Morgan fingerprint density at radius 1 is 0.971 bits per heavy atom. The number of fused-ring (bicyclic) bond motifs is 3. The van der Waals surface area contributed by atoms with E-state index >= 15 is 0 Å². The second-order valence-corrected chi connectivity index (χ2v) is 11.0. The zero-order chi connectivity index (χ0) is 23.4. The number of rotatable bonds is 3. The van der Waals surface area contributed by atoms with E-state index in [2.05, 4.69) is 29.2 Å². The summed E-state index contributed by atoms with van der Waals surface area (Å²) in [6, 6.07) is 23.6. The number of carbonyl (C=O) groups is 2. The average Bonchev–Trinajstić information content (AvgIpc) is 3.25. The minimum atomic E-state index is -1.12. The molecule has 0 N–H and O–H groups in total. The molecule has 1 fully saturated rings. The summed E-state index contributed by atoms with van der Waals surface area (Å²) in [4.78, 5) is 32.5. The quantitative estimate of drug-likeness (QED) is 0.518. The van der Waals surface area contributed by atoms with Crippen LogP contribution in [0.2, 0.25) is 5.02 Å². The van der Waals surface area contributed by atoms with Crippen LogP contribution in [-0.2, 0) is 27.4 Å². The first kappa shape index (κ1) is 21.7. The normalized spacial score (nSPS) is 24.1. The molecule has 0 unspecified atom stereocenters. The lowest BCUT2D eigenvalue weighted by molar-refractivity contribution is -0.124. The molecular formula is C27H24ClN3O2S. The van der Waals surface area contributed by atoms with Gasteiger partial charge in [0, 0.05) is 29.4 Å². The number of halogens is 1. The second-order valence-electron chi connectivity index (χ2n) is 9.02. The molecule has 0 radical (unpaired) electrons. The summed E-state index contributed by atoms with van der Waals surface area (Å²) in [7, 11) is 0. The van der Waals surface area contributed by atoms with Gasteiger partial charge in [-0.3, -0.25) is 24.3 Å². The maximum Gasteiger partial charge on any atom is 0.269 e. The van der Waals surface area contributed by atoms with Crippen LogP contribution in [-0.4, -0.2) is 35.2 Å². The van der Waals surface area contributed by atoms with E-state index in [1.165, 1.54) is 22.9 Å². The Kier molecular flexibility index (Phi) is 5.21. The lowest BCUT2D eigenvalue weighted by Gasteiger charge is -2.35. The molecule has 3 aliphatic rings. The number of benzene rings is 3. The minimum absolute atomic E-state index is 0.0646. The van der Waals surface area contributed by atoms with Crippen LogP contribution in [0.25, 0.3) is 0 Å².